The minimum Gasteiger partial charge on any atom is -0.462 e. The van der Waals surface area contributed by atoms with Gasteiger partial charge in [-0.15, -0.1) is 0 Å². The van der Waals surface area contributed by atoms with E-state index in [0.717, 1.165) is 43.4 Å². The first kappa shape index (κ1) is 26.3. The summed E-state index contributed by atoms with van der Waals surface area (Å²) < 4.78 is 22.5. The number of nitrogens with zero attached hydrogens (tertiary/aromatic N) is 1. The summed E-state index contributed by atoms with van der Waals surface area (Å²) in [7, 11) is -4.56. The van der Waals surface area contributed by atoms with Crippen LogP contribution in [0.3, 0.4) is 0 Å². The number of quaternary nitrogens is 1. The normalized spacial score (nSPS) is 13.4. The van der Waals surface area contributed by atoms with E-state index < -0.39 is 19.9 Å². The van der Waals surface area contributed by atoms with Gasteiger partial charge in [0.2, 0.25) is 0 Å². The van der Waals surface area contributed by atoms with Crippen molar-refractivity contribution in [2.75, 3.05) is 32.8 Å². The minimum absolute atomic E-state index is 0.271. The fraction of sp³-hybridized carbons (Fsp3) is 0.842. The Bertz CT molecular complexity index is 474. The first-order valence-corrected chi connectivity index (χ1v) is 11.5. The van der Waals surface area contributed by atoms with Gasteiger partial charge in [-0.25, -0.2) is 9.36 Å². The molecule has 0 aliphatic rings. The summed E-state index contributed by atoms with van der Waals surface area (Å²) in [5.74, 6) is -0.414. The highest BCUT2D eigenvalue weighted by Gasteiger charge is 2.32. The van der Waals surface area contributed by atoms with Crippen molar-refractivity contribution in [3.05, 3.63) is 12.2 Å². The number of hydrogen-bond acceptors (Lipinski definition) is 4. The molecule has 0 spiro atoms. The van der Waals surface area contributed by atoms with E-state index in [4.69, 9.17) is 9.26 Å². The SMILES string of the molecule is C=C(C)C(=O)OCCCCC(C[N+](CCC)(CCC)CCC)OP(=O)(O)O. The fourth-order valence-electron chi connectivity index (χ4n) is 3.60. The molecule has 1 unspecified atom stereocenters. The van der Waals surface area contributed by atoms with Crippen LogP contribution in [-0.2, 0) is 18.6 Å². The number of phosphoric ester groups is 1. The molecule has 0 saturated heterocycles. The van der Waals surface area contributed by atoms with Gasteiger partial charge in [0.15, 0.2) is 0 Å². The maximum Gasteiger partial charge on any atom is 0.470 e. The average Bonchev–Trinajstić information content (AvgIpc) is 2.53. The monoisotopic (exact) mass is 408 g/mol. The van der Waals surface area contributed by atoms with Crippen LogP contribution in [-0.4, -0.2) is 59.1 Å². The number of rotatable bonds is 16. The Morgan fingerprint density at radius 1 is 1.07 bits per heavy atom. The lowest BCUT2D eigenvalue weighted by Gasteiger charge is -2.40. The molecular weight excluding hydrogens is 369 g/mol. The van der Waals surface area contributed by atoms with E-state index >= 15 is 0 Å². The van der Waals surface area contributed by atoms with Gasteiger partial charge in [-0.1, -0.05) is 27.4 Å². The summed E-state index contributed by atoms with van der Waals surface area (Å²) in [4.78, 5) is 30.0. The van der Waals surface area contributed by atoms with Crippen LogP contribution >= 0.6 is 7.82 Å². The van der Waals surface area contributed by atoms with Crippen molar-refractivity contribution in [1.82, 2.24) is 0 Å². The number of ether oxygens (including phenoxy) is 1. The predicted octanol–water partition coefficient (Wildman–Crippen LogP) is 3.80. The number of hydrogen-bond donors (Lipinski definition) is 2. The Kier molecular flexibility index (Phi) is 13.1. The molecule has 0 saturated carbocycles. The highest BCUT2D eigenvalue weighted by molar-refractivity contribution is 7.46. The average molecular weight is 408 g/mol. The van der Waals surface area contributed by atoms with Crippen molar-refractivity contribution in [3.63, 3.8) is 0 Å². The summed E-state index contributed by atoms with van der Waals surface area (Å²) in [6.45, 7) is 15.3. The molecule has 0 aromatic rings. The van der Waals surface area contributed by atoms with Crippen LogP contribution in [0.15, 0.2) is 12.2 Å². The molecule has 0 heterocycles. The standard InChI is InChI=1S/C19H38NO6P/c1-6-12-20(13-7-2,14-8-3)16-18(26-27(22,23)24)11-9-10-15-25-19(21)17(4)5/h18H,4,6-16H2,1-3,5H3,(H-,22,23,24)/p+1. The molecule has 0 aromatic carbocycles. The zero-order valence-corrected chi connectivity index (χ0v) is 18.4. The van der Waals surface area contributed by atoms with Gasteiger partial charge in [-0.2, -0.15) is 0 Å². The number of esters is 1. The van der Waals surface area contributed by atoms with Gasteiger partial charge in [-0.05, 0) is 45.4 Å². The van der Waals surface area contributed by atoms with E-state index in [1.165, 1.54) is 0 Å². The first-order chi connectivity index (χ1) is 12.6. The predicted molar refractivity (Wildman–Crippen MR) is 107 cm³/mol. The van der Waals surface area contributed by atoms with Crippen molar-refractivity contribution < 1.29 is 32.9 Å². The van der Waals surface area contributed by atoms with Crippen LogP contribution < -0.4 is 0 Å². The lowest BCUT2D eigenvalue weighted by atomic mass is 10.1. The summed E-state index contributed by atoms with van der Waals surface area (Å²) in [6.07, 6.45) is 4.33. The molecular formula is C19H39NO6P+. The number of phosphoric acid groups is 1. The zero-order valence-electron chi connectivity index (χ0n) is 17.5. The van der Waals surface area contributed by atoms with Gasteiger partial charge < -0.3 is 19.0 Å². The van der Waals surface area contributed by atoms with Gasteiger partial charge >= 0.3 is 13.8 Å². The van der Waals surface area contributed by atoms with Gasteiger partial charge in [0, 0.05) is 5.57 Å². The topological polar surface area (TPSA) is 93.1 Å². The molecule has 0 aliphatic carbocycles. The lowest BCUT2D eigenvalue weighted by molar-refractivity contribution is -0.930. The van der Waals surface area contributed by atoms with Crippen molar-refractivity contribution >= 4 is 13.8 Å². The van der Waals surface area contributed by atoms with Crippen LogP contribution in [0, 0.1) is 0 Å². The number of unbranched alkanes of at least 4 members (excludes halogenated alkanes) is 1. The van der Waals surface area contributed by atoms with Crippen molar-refractivity contribution in [1.29, 1.82) is 0 Å². The van der Waals surface area contributed by atoms with Crippen LogP contribution in [0.1, 0.15) is 66.2 Å². The van der Waals surface area contributed by atoms with Gasteiger partial charge in [-0.3, -0.25) is 4.52 Å². The van der Waals surface area contributed by atoms with Crippen LogP contribution in [0.25, 0.3) is 0 Å². The zero-order chi connectivity index (χ0) is 20.9. The summed E-state index contributed by atoms with van der Waals surface area (Å²) >= 11 is 0. The minimum atomic E-state index is -4.56. The van der Waals surface area contributed by atoms with Crippen LogP contribution in [0.4, 0.5) is 0 Å². The van der Waals surface area contributed by atoms with Crippen LogP contribution in [0.5, 0.6) is 0 Å². The van der Waals surface area contributed by atoms with Gasteiger partial charge in [0.25, 0.3) is 0 Å². The molecule has 8 heteroatoms. The lowest BCUT2D eigenvalue weighted by Crippen LogP contribution is -2.54. The first-order valence-electron chi connectivity index (χ1n) is 10.0. The maximum atomic E-state index is 11.4. The second-order valence-corrected chi connectivity index (χ2v) is 8.52. The molecule has 0 radical (unpaired) electrons. The van der Waals surface area contributed by atoms with E-state index in [9.17, 15) is 19.1 Å². The Balaban J connectivity index is 4.88. The second-order valence-electron chi connectivity index (χ2n) is 7.33. The highest BCUT2D eigenvalue weighted by atomic mass is 31.2. The third-order valence-electron chi connectivity index (χ3n) is 4.47. The highest BCUT2D eigenvalue weighted by Crippen LogP contribution is 2.39. The molecule has 1 atom stereocenters. The Morgan fingerprint density at radius 3 is 2.00 bits per heavy atom. The van der Waals surface area contributed by atoms with E-state index in [1.54, 1.807) is 6.92 Å². The van der Waals surface area contributed by atoms with E-state index in [-0.39, 0.29) is 6.61 Å². The third-order valence-corrected chi connectivity index (χ3v) is 5.05. The van der Waals surface area contributed by atoms with Crippen molar-refractivity contribution in [3.8, 4) is 0 Å². The quantitative estimate of drug-likeness (QED) is 0.133. The molecule has 2 N–H and O–H groups in total. The van der Waals surface area contributed by atoms with E-state index in [0.29, 0.717) is 31.4 Å². The van der Waals surface area contributed by atoms with E-state index in [1.807, 2.05) is 0 Å². The van der Waals surface area contributed by atoms with Crippen molar-refractivity contribution in [2.24, 2.45) is 0 Å². The fourth-order valence-corrected chi connectivity index (χ4v) is 4.16. The Morgan fingerprint density at radius 2 is 1.59 bits per heavy atom. The molecule has 160 valence electrons. The third kappa shape index (κ3) is 12.4. The second kappa shape index (κ2) is 13.5. The Hall–Kier alpha value is -0.720. The molecule has 0 bridgehead atoms. The van der Waals surface area contributed by atoms with Gasteiger partial charge in [0.05, 0.1) is 26.2 Å². The molecule has 7 nitrogen and oxygen atoms in total. The maximum absolute atomic E-state index is 11.4. The Labute approximate surface area is 164 Å². The summed E-state index contributed by atoms with van der Waals surface area (Å²) in [5.41, 5.74) is 0.360. The molecule has 0 amide bonds. The molecule has 0 fully saturated rings. The van der Waals surface area contributed by atoms with Crippen molar-refractivity contribution in [2.45, 2.75) is 72.3 Å². The number of carbonyl (C=O) groups excluding carboxylic acids is 1. The summed E-state index contributed by atoms with van der Waals surface area (Å²) in [6, 6.07) is 0. The molecule has 0 aliphatic heterocycles. The number of carbonyl (C=O) groups is 1. The molecule has 0 aromatic heterocycles. The molecule has 0 rings (SSSR count). The smallest absolute Gasteiger partial charge is 0.462 e. The summed E-state index contributed by atoms with van der Waals surface area (Å²) in [5, 5.41) is 0. The largest absolute Gasteiger partial charge is 0.470 e. The molecule has 27 heavy (non-hydrogen) atoms. The van der Waals surface area contributed by atoms with Crippen LogP contribution in [0.2, 0.25) is 0 Å². The van der Waals surface area contributed by atoms with Gasteiger partial charge in [0.1, 0.15) is 12.6 Å². The van der Waals surface area contributed by atoms with E-state index in [2.05, 4.69) is 27.4 Å².